The van der Waals surface area contributed by atoms with Crippen LogP contribution in [0, 0.1) is 0 Å². The van der Waals surface area contributed by atoms with E-state index >= 15 is 0 Å². The van der Waals surface area contributed by atoms with Gasteiger partial charge in [0.1, 0.15) is 6.29 Å². The highest BCUT2D eigenvalue weighted by atomic mass is 16.1. The number of rotatable bonds is 6. The maximum atomic E-state index is 10.4. The highest BCUT2D eigenvalue weighted by Gasteiger charge is 2.13. The zero-order chi connectivity index (χ0) is 10.3. The Balaban J connectivity index is 4.48. The van der Waals surface area contributed by atoms with Gasteiger partial charge in [-0.2, -0.15) is 0 Å². The lowest BCUT2D eigenvalue weighted by molar-refractivity contribution is -0.104. The van der Waals surface area contributed by atoms with Gasteiger partial charge in [0, 0.05) is 6.04 Å². The Morgan fingerprint density at radius 1 is 1.38 bits per heavy atom. The van der Waals surface area contributed by atoms with E-state index in [1.54, 1.807) is 6.08 Å². The highest BCUT2D eigenvalue weighted by molar-refractivity contribution is 5.66. The summed E-state index contributed by atoms with van der Waals surface area (Å²) in [6.07, 6.45) is 5.84. The minimum absolute atomic E-state index is 0.431. The van der Waals surface area contributed by atoms with Gasteiger partial charge < -0.3 is 4.90 Å². The fourth-order valence-corrected chi connectivity index (χ4v) is 1.60. The summed E-state index contributed by atoms with van der Waals surface area (Å²) in [6, 6.07) is 0.431. The van der Waals surface area contributed by atoms with E-state index in [9.17, 15) is 4.79 Å². The normalized spacial score (nSPS) is 14.7. The van der Waals surface area contributed by atoms with Gasteiger partial charge in [-0.15, -0.1) is 0 Å². The van der Waals surface area contributed by atoms with E-state index in [2.05, 4.69) is 32.8 Å². The standard InChI is InChI=1S/C11H21NO/c1-5-7-11(12(3)4)10(6-2)8-9-13/h8-9,11H,5-7H2,1-4H3/b10-8-. The molecule has 0 heterocycles. The minimum atomic E-state index is 0.431. The molecule has 0 aliphatic carbocycles. The van der Waals surface area contributed by atoms with E-state index in [0.717, 1.165) is 25.5 Å². The smallest absolute Gasteiger partial charge is 0.142 e. The van der Waals surface area contributed by atoms with Crippen molar-refractivity contribution < 1.29 is 4.79 Å². The Kier molecular flexibility index (Phi) is 6.51. The van der Waals surface area contributed by atoms with Gasteiger partial charge in [-0.1, -0.05) is 25.8 Å². The number of hydrogen-bond donors (Lipinski definition) is 0. The van der Waals surface area contributed by atoms with Crippen LogP contribution in [0.25, 0.3) is 0 Å². The molecule has 1 unspecified atom stereocenters. The molecule has 0 aliphatic rings. The predicted octanol–water partition coefficient (Wildman–Crippen LogP) is 2.25. The van der Waals surface area contributed by atoms with Crippen molar-refractivity contribution in [2.45, 2.75) is 39.2 Å². The van der Waals surface area contributed by atoms with Crippen molar-refractivity contribution in [3.05, 3.63) is 11.6 Å². The van der Waals surface area contributed by atoms with Crippen molar-refractivity contribution in [1.82, 2.24) is 4.90 Å². The molecule has 1 atom stereocenters. The highest BCUT2D eigenvalue weighted by Crippen LogP contribution is 2.16. The summed E-state index contributed by atoms with van der Waals surface area (Å²) in [5.74, 6) is 0. The van der Waals surface area contributed by atoms with E-state index in [-0.39, 0.29) is 0 Å². The minimum Gasteiger partial charge on any atom is -0.303 e. The molecule has 0 fully saturated rings. The lowest BCUT2D eigenvalue weighted by Crippen LogP contribution is -2.29. The van der Waals surface area contributed by atoms with Crippen molar-refractivity contribution in [2.75, 3.05) is 14.1 Å². The molecule has 0 amide bonds. The van der Waals surface area contributed by atoms with Gasteiger partial charge in [-0.05, 0) is 33.0 Å². The molecule has 0 radical (unpaired) electrons. The topological polar surface area (TPSA) is 20.3 Å². The fraction of sp³-hybridized carbons (Fsp3) is 0.727. The van der Waals surface area contributed by atoms with Gasteiger partial charge in [-0.25, -0.2) is 0 Å². The molecule has 0 rings (SSSR count). The number of carbonyl (C=O) groups excluding carboxylic acids is 1. The molecule has 2 heteroatoms. The average molecular weight is 183 g/mol. The summed E-state index contributed by atoms with van der Waals surface area (Å²) >= 11 is 0. The third kappa shape index (κ3) is 4.23. The Morgan fingerprint density at radius 3 is 2.31 bits per heavy atom. The summed E-state index contributed by atoms with van der Waals surface area (Å²) in [6.45, 7) is 4.27. The molecule has 2 nitrogen and oxygen atoms in total. The van der Waals surface area contributed by atoms with Crippen LogP contribution < -0.4 is 0 Å². The molecule has 0 saturated carbocycles. The van der Waals surface area contributed by atoms with Crippen LogP contribution in [0.5, 0.6) is 0 Å². The maximum Gasteiger partial charge on any atom is 0.142 e. The van der Waals surface area contributed by atoms with Crippen LogP contribution in [-0.2, 0) is 4.79 Å². The molecule has 0 spiro atoms. The van der Waals surface area contributed by atoms with Crippen LogP contribution in [0.2, 0.25) is 0 Å². The quantitative estimate of drug-likeness (QED) is 0.465. The first-order chi connectivity index (χ1) is 6.17. The fourth-order valence-electron chi connectivity index (χ4n) is 1.60. The first-order valence-electron chi connectivity index (χ1n) is 4.98. The van der Waals surface area contributed by atoms with Crippen molar-refractivity contribution in [3.63, 3.8) is 0 Å². The third-order valence-corrected chi connectivity index (χ3v) is 2.30. The number of hydrogen-bond acceptors (Lipinski definition) is 2. The number of aldehydes is 1. The number of nitrogens with zero attached hydrogens (tertiary/aromatic N) is 1. The van der Waals surface area contributed by atoms with Crippen molar-refractivity contribution >= 4 is 6.29 Å². The van der Waals surface area contributed by atoms with E-state index in [4.69, 9.17) is 0 Å². The molecule has 76 valence electrons. The van der Waals surface area contributed by atoms with Gasteiger partial charge in [0.05, 0.1) is 0 Å². The predicted molar refractivity (Wildman–Crippen MR) is 56.8 cm³/mol. The Hall–Kier alpha value is -0.630. The molecular weight excluding hydrogens is 162 g/mol. The van der Waals surface area contributed by atoms with Crippen molar-refractivity contribution in [1.29, 1.82) is 0 Å². The maximum absolute atomic E-state index is 10.4. The van der Waals surface area contributed by atoms with E-state index in [0.29, 0.717) is 6.04 Å². The first kappa shape index (κ1) is 12.4. The zero-order valence-electron chi connectivity index (χ0n) is 9.21. The average Bonchev–Trinajstić information content (AvgIpc) is 2.10. The van der Waals surface area contributed by atoms with Crippen LogP contribution in [0.4, 0.5) is 0 Å². The lowest BCUT2D eigenvalue weighted by atomic mass is 9.99. The van der Waals surface area contributed by atoms with Crippen LogP contribution in [0.15, 0.2) is 11.6 Å². The van der Waals surface area contributed by atoms with E-state index in [1.807, 2.05) is 0 Å². The first-order valence-corrected chi connectivity index (χ1v) is 4.98. The SMILES string of the molecule is CCCC(/C(=C\C=O)CC)N(C)C. The summed E-state index contributed by atoms with van der Waals surface area (Å²) < 4.78 is 0. The van der Waals surface area contributed by atoms with Gasteiger partial charge in [0.25, 0.3) is 0 Å². The second-order valence-electron chi connectivity index (χ2n) is 3.50. The van der Waals surface area contributed by atoms with Crippen LogP contribution in [0.1, 0.15) is 33.1 Å². The van der Waals surface area contributed by atoms with Crippen LogP contribution in [-0.4, -0.2) is 31.3 Å². The Bertz CT molecular complexity index is 173. The molecule has 0 aliphatic heterocycles. The zero-order valence-corrected chi connectivity index (χ0v) is 9.21. The summed E-state index contributed by atoms with van der Waals surface area (Å²) in [5, 5.41) is 0. The lowest BCUT2D eigenvalue weighted by Gasteiger charge is -2.25. The van der Waals surface area contributed by atoms with Gasteiger partial charge >= 0.3 is 0 Å². The van der Waals surface area contributed by atoms with Gasteiger partial charge in [-0.3, -0.25) is 4.79 Å². The van der Waals surface area contributed by atoms with Gasteiger partial charge in [0.2, 0.25) is 0 Å². The summed E-state index contributed by atoms with van der Waals surface area (Å²) in [4.78, 5) is 12.6. The molecule has 13 heavy (non-hydrogen) atoms. The van der Waals surface area contributed by atoms with E-state index in [1.165, 1.54) is 5.57 Å². The Morgan fingerprint density at radius 2 is 2.00 bits per heavy atom. The molecule has 0 aromatic rings. The van der Waals surface area contributed by atoms with Crippen LogP contribution >= 0.6 is 0 Å². The molecule has 0 aromatic carbocycles. The number of likely N-dealkylation sites (N-methyl/N-ethyl adjacent to an activating group) is 1. The molecule has 0 saturated heterocycles. The molecular formula is C11H21NO. The molecule has 0 aromatic heterocycles. The Labute approximate surface area is 81.6 Å². The third-order valence-electron chi connectivity index (χ3n) is 2.30. The van der Waals surface area contributed by atoms with Crippen molar-refractivity contribution in [2.24, 2.45) is 0 Å². The second kappa shape index (κ2) is 6.84. The molecule has 0 bridgehead atoms. The van der Waals surface area contributed by atoms with E-state index < -0.39 is 0 Å². The number of allylic oxidation sites excluding steroid dienone is 1. The second-order valence-corrected chi connectivity index (χ2v) is 3.50. The van der Waals surface area contributed by atoms with Crippen molar-refractivity contribution in [3.8, 4) is 0 Å². The summed E-state index contributed by atoms with van der Waals surface area (Å²) in [7, 11) is 4.13. The van der Waals surface area contributed by atoms with Gasteiger partial charge in [0.15, 0.2) is 0 Å². The molecule has 0 N–H and O–H groups in total. The number of carbonyl (C=O) groups is 1. The largest absolute Gasteiger partial charge is 0.303 e. The summed E-state index contributed by atoms with van der Waals surface area (Å²) in [5.41, 5.74) is 1.24. The van der Waals surface area contributed by atoms with Crippen LogP contribution in [0.3, 0.4) is 0 Å². The monoisotopic (exact) mass is 183 g/mol.